The Labute approximate surface area is 146 Å². The Balaban J connectivity index is 1.79. The average molecular weight is 334 g/mol. The summed E-state index contributed by atoms with van der Waals surface area (Å²) in [4.78, 5) is 4.77. The van der Waals surface area contributed by atoms with Crippen LogP contribution >= 0.6 is 11.6 Å². The highest BCUT2D eigenvalue weighted by atomic mass is 35.5. The lowest BCUT2D eigenvalue weighted by molar-refractivity contribution is 0.196. The fraction of sp³-hybridized carbons (Fsp3) is 0.0952. The molecule has 1 unspecified atom stereocenters. The number of hydrogen-bond donors (Lipinski definition) is 0. The Hall–Kier alpha value is -2.58. The lowest BCUT2D eigenvalue weighted by atomic mass is 10.0. The van der Waals surface area contributed by atoms with Crippen LogP contribution in [0.1, 0.15) is 22.8 Å². The minimum absolute atomic E-state index is 0.0927. The zero-order chi connectivity index (χ0) is 16.4. The average Bonchev–Trinajstić information content (AvgIpc) is 2.83. The molecule has 3 heteroatoms. The van der Waals surface area contributed by atoms with Gasteiger partial charge in [0.15, 0.2) is 0 Å². The molecule has 0 aromatic heterocycles. The molecule has 118 valence electrons. The van der Waals surface area contributed by atoms with Crippen LogP contribution in [0, 0.1) is 0 Å². The van der Waals surface area contributed by atoms with Crippen LogP contribution in [0.3, 0.4) is 0 Å². The Morgan fingerprint density at radius 2 is 1.54 bits per heavy atom. The van der Waals surface area contributed by atoms with Crippen LogP contribution in [0.2, 0.25) is 5.02 Å². The Morgan fingerprint density at radius 3 is 2.33 bits per heavy atom. The van der Waals surface area contributed by atoms with E-state index in [-0.39, 0.29) is 6.10 Å². The highest BCUT2D eigenvalue weighted by Gasteiger charge is 2.22. The van der Waals surface area contributed by atoms with Crippen molar-refractivity contribution in [1.82, 2.24) is 0 Å². The van der Waals surface area contributed by atoms with Gasteiger partial charge in [-0.3, -0.25) is 0 Å². The summed E-state index contributed by atoms with van der Waals surface area (Å²) < 4.78 is 6.31. The third-order valence-corrected chi connectivity index (χ3v) is 4.39. The fourth-order valence-corrected chi connectivity index (χ4v) is 3.01. The van der Waals surface area contributed by atoms with E-state index in [0.29, 0.717) is 5.90 Å². The molecule has 2 nitrogen and oxygen atoms in total. The predicted octanol–water partition coefficient (Wildman–Crippen LogP) is 5.73. The number of ether oxygens (including phenoxy) is 1. The molecule has 1 aliphatic rings. The van der Waals surface area contributed by atoms with Gasteiger partial charge in [0.25, 0.3) is 0 Å². The predicted molar refractivity (Wildman–Crippen MR) is 98.1 cm³/mol. The summed E-state index contributed by atoms with van der Waals surface area (Å²) in [6.07, 6.45) is 0.683. The van der Waals surface area contributed by atoms with Crippen molar-refractivity contribution in [3.8, 4) is 0 Å². The molecule has 0 saturated carbocycles. The van der Waals surface area contributed by atoms with Crippen LogP contribution in [0.15, 0.2) is 83.9 Å². The normalized spacial score (nSPS) is 16.5. The third kappa shape index (κ3) is 3.06. The van der Waals surface area contributed by atoms with Gasteiger partial charge in [-0.1, -0.05) is 60.1 Å². The van der Waals surface area contributed by atoms with Crippen LogP contribution in [-0.2, 0) is 11.2 Å². The number of benzene rings is 3. The van der Waals surface area contributed by atoms with Crippen molar-refractivity contribution in [2.45, 2.75) is 12.5 Å². The van der Waals surface area contributed by atoms with Gasteiger partial charge in [0.2, 0.25) is 5.90 Å². The van der Waals surface area contributed by atoms with Gasteiger partial charge >= 0.3 is 0 Å². The van der Waals surface area contributed by atoms with E-state index in [9.17, 15) is 0 Å². The van der Waals surface area contributed by atoms with Gasteiger partial charge in [-0.05, 0) is 41.5 Å². The fourth-order valence-electron chi connectivity index (χ4n) is 2.88. The molecular weight excluding hydrogens is 318 g/mol. The van der Waals surface area contributed by atoms with Crippen LogP contribution in [0.4, 0.5) is 5.69 Å². The molecular formula is C21H16ClNO. The van der Waals surface area contributed by atoms with Gasteiger partial charge in [0.1, 0.15) is 6.10 Å². The number of aliphatic imine (C=N–C) groups is 1. The number of para-hydroxylation sites is 1. The first kappa shape index (κ1) is 15.0. The molecule has 0 N–H and O–H groups in total. The SMILES string of the molecule is Clc1ccc(C2Cc3ccccc3N=C(c3ccccc3)O2)cc1. The molecule has 0 spiro atoms. The Bertz CT molecular complexity index is 872. The van der Waals surface area contributed by atoms with Crippen molar-refractivity contribution < 1.29 is 4.74 Å². The summed E-state index contributed by atoms with van der Waals surface area (Å²) in [5.41, 5.74) is 4.23. The molecule has 0 saturated heterocycles. The van der Waals surface area contributed by atoms with E-state index in [4.69, 9.17) is 21.3 Å². The number of halogens is 1. The summed E-state index contributed by atoms with van der Waals surface area (Å²) in [7, 11) is 0. The van der Waals surface area contributed by atoms with Crippen LogP contribution in [0.25, 0.3) is 0 Å². The summed E-state index contributed by atoms with van der Waals surface area (Å²) >= 11 is 6.02. The van der Waals surface area contributed by atoms with E-state index in [1.165, 1.54) is 5.56 Å². The largest absolute Gasteiger partial charge is 0.469 e. The highest BCUT2D eigenvalue weighted by Crippen LogP contribution is 2.33. The first-order valence-electron chi connectivity index (χ1n) is 7.94. The Morgan fingerprint density at radius 1 is 0.833 bits per heavy atom. The van der Waals surface area contributed by atoms with Crippen molar-refractivity contribution in [2.75, 3.05) is 0 Å². The number of hydrogen-bond acceptors (Lipinski definition) is 2. The molecule has 1 heterocycles. The molecule has 0 fully saturated rings. The molecule has 3 aromatic rings. The number of fused-ring (bicyclic) bond motifs is 1. The quantitative estimate of drug-likeness (QED) is 0.586. The zero-order valence-electron chi connectivity index (χ0n) is 13.0. The summed E-state index contributed by atoms with van der Waals surface area (Å²) in [5, 5.41) is 0.727. The van der Waals surface area contributed by atoms with Gasteiger partial charge < -0.3 is 4.74 Å². The highest BCUT2D eigenvalue weighted by molar-refractivity contribution is 6.30. The lowest BCUT2D eigenvalue weighted by Gasteiger charge is -2.18. The van der Waals surface area contributed by atoms with E-state index < -0.39 is 0 Å². The van der Waals surface area contributed by atoms with Gasteiger partial charge in [-0.15, -0.1) is 0 Å². The van der Waals surface area contributed by atoms with E-state index >= 15 is 0 Å². The zero-order valence-corrected chi connectivity index (χ0v) is 13.8. The molecule has 0 aliphatic carbocycles. The van der Waals surface area contributed by atoms with E-state index in [2.05, 4.69) is 6.07 Å². The maximum atomic E-state index is 6.31. The third-order valence-electron chi connectivity index (χ3n) is 4.14. The van der Waals surface area contributed by atoms with Gasteiger partial charge in [-0.25, -0.2) is 4.99 Å². The van der Waals surface area contributed by atoms with Gasteiger partial charge in [0, 0.05) is 17.0 Å². The first-order valence-corrected chi connectivity index (χ1v) is 8.31. The molecule has 0 amide bonds. The van der Waals surface area contributed by atoms with Crippen LogP contribution in [-0.4, -0.2) is 5.90 Å². The smallest absolute Gasteiger partial charge is 0.221 e. The van der Waals surface area contributed by atoms with E-state index in [0.717, 1.165) is 28.3 Å². The van der Waals surface area contributed by atoms with Gasteiger partial charge in [0.05, 0.1) is 5.69 Å². The molecule has 4 rings (SSSR count). The maximum Gasteiger partial charge on any atom is 0.221 e. The second-order valence-electron chi connectivity index (χ2n) is 5.77. The lowest BCUT2D eigenvalue weighted by Crippen LogP contribution is -2.12. The minimum atomic E-state index is -0.0927. The van der Waals surface area contributed by atoms with Crippen molar-refractivity contribution in [3.63, 3.8) is 0 Å². The molecule has 24 heavy (non-hydrogen) atoms. The van der Waals surface area contributed by atoms with Gasteiger partial charge in [-0.2, -0.15) is 0 Å². The van der Waals surface area contributed by atoms with E-state index in [1.807, 2.05) is 72.8 Å². The molecule has 0 radical (unpaired) electrons. The summed E-state index contributed by atoms with van der Waals surface area (Å²) in [6.45, 7) is 0. The first-order chi connectivity index (χ1) is 11.8. The molecule has 1 aliphatic heterocycles. The Kier molecular flexibility index (Phi) is 4.06. The topological polar surface area (TPSA) is 21.6 Å². The molecule has 3 aromatic carbocycles. The number of rotatable bonds is 2. The summed E-state index contributed by atoms with van der Waals surface area (Å²) in [5.74, 6) is 0.653. The molecule has 0 bridgehead atoms. The maximum absolute atomic E-state index is 6.31. The van der Waals surface area contributed by atoms with Crippen molar-refractivity contribution in [1.29, 1.82) is 0 Å². The van der Waals surface area contributed by atoms with Crippen molar-refractivity contribution in [3.05, 3.63) is 101 Å². The van der Waals surface area contributed by atoms with E-state index in [1.54, 1.807) is 0 Å². The van der Waals surface area contributed by atoms with Crippen LogP contribution in [0.5, 0.6) is 0 Å². The van der Waals surface area contributed by atoms with Crippen molar-refractivity contribution in [2.24, 2.45) is 4.99 Å². The standard InChI is InChI=1S/C21H16ClNO/c22-18-12-10-15(11-13-18)20-14-17-8-4-5-9-19(17)23-21(24-20)16-6-2-1-3-7-16/h1-13,20H,14H2. The second-order valence-corrected chi connectivity index (χ2v) is 6.21. The summed E-state index contributed by atoms with van der Waals surface area (Å²) in [6, 6.07) is 26.0. The monoisotopic (exact) mass is 333 g/mol. The van der Waals surface area contributed by atoms with Crippen LogP contribution < -0.4 is 0 Å². The second kappa shape index (κ2) is 6.50. The molecule has 1 atom stereocenters. The number of nitrogens with zero attached hydrogens (tertiary/aromatic N) is 1. The minimum Gasteiger partial charge on any atom is -0.469 e. The van der Waals surface area contributed by atoms with Crippen molar-refractivity contribution >= 4 is 23.2 Å².